The summed E-state index contributed by atoms with van der Waals surface area (Å²) < 4.78 is 16.5. The first-order chi connectivity index (χ1) is 9.41. The molecule has 1 fully saturated rings. The van der Waals surface area contributed by atoms with Gasteiger partial charge in [-0.1, -0.05) is 0 Å². The smallest absolute Gasteiger partial charge is 0.339 e. The maximum atomic E-state index is 11.2. The lowest BCUT2D eigenvalue weighted by Crippen LogP contribution is -2.24. The van der Waals surface area contributed by atoms with Gasteiger partial charge in [0.1, 0.15) is 23.7 Å². The molecule has 0 spiro atoms. The van der Waals surface area contributed by atoms with E-state index < -0.39 is 5.97 Å². The zero-order valence-electron chi connectivity index (χ0n) is 12.0. The number of rotatable bonds is 5. The molecule has 1 aliphatic heterocycles. The predicted octanol–water partition coefficient (Wildman–Crippen LogP) is 2.73. The highest BCUT2D eigenvalue weighted by atomic mass is 16.6. The molecule has 0 aromatic heterocycles. The summed E-state index contributed by atoms with van der Waals surface area (Å²) in [4.78, 5) is 11.2. The van der Waals surface area contributed by atoms with Crippen molar-refractivity contribution < 1.29 is 24.1 Å². The van der Waals surface area contributed by atoms with Crippen LogP contribution in [0.5, 0.6) is 11.5 Å². The summed E-state index contributed by atoms with van der Waals surface area (Å²) in [5, 5.41) is 9.19. The lowest BCUT2D eigenvalue weighted by Gasteiger charge is -2.19. The zero-order valence-corrected chi connectivity index (χ0v) is 12.0. The average Bonchev–Trinajstić information content (AvgIpc) is 2.75. The monoisotopic (exact) mass is 280 g/mol. The predicted molar refractivity (Wildman–Crippen MR) is 73.6 cm³/mol. The first-order valence-electron chi connectivity index (χ1n) is 6.63. The second kappa shape index (κ2) is 5.71. The van der Waals surface area contributed by atoms with Crippen molar-refractivity contribution in [3.8, 4) is 11.5 Å². The largest absolute Gasteiger partial charge is 0.497 e. The van der Waals surface area contributed by atoms with Crippen molar-refractivity contribution in [3.63, 3.8) is 0 Å². The third-order valence-electron chi connectivity index (χ3n) is 3.40. The molecule has 1 heterocycles. The van der Waals surface area contributed by atoms with Gasteiger partial charge in [-0.15, -0.1) is 0 Å². The van der Waals surface area contributed by atoms with E-state index in [1.54, 1.807) is 12.1 Å². The number of ether oxygens (including phenoxy) is 3. The quantitative estimate of drug-likeness (QED) is 0.898. The van der Waals surface area contributed by atoms with E-state index in [1.165, 1.54) is 13.2 Å². The molecule has 1 unspecified atom stereocenters. The number of methoxy groups -OCH3 is 1. The van der Waals surface area contributed by atoms with Crippen molar-refractivity contribution >= 4 is 5.97 Å². The first kappa shape index (κ1) is 14.7. The molecule has 0 amide bonds. The van der Waals surface area contributed by atoms with Crippen LogP contribution in [0.2, 0.25) is 0 Å². The van der Waals surface area contributed by atoms with Crippen molar-refractivity contribution in [1.82, 2.24) is 0 Å². The molecular formula is C15H20O5. The van der Waals surface area contributed by atoms with E-state index in [-0.39, 0.29) is 17.3 Å². The third kappa shape index (κ3) is 3.42. The van der Waals surface area contributed by atoms with Crippen molar-refractivity contribution in [2.75, 3.05) is 13.7 Å². The van der Waals surface area contributed by atoms with Gasteiger partial charge in [0.25, 0.3) is 0 Å². The molecule has 5 nitrogen and oxygen atoms in total. The van der Waals surface area contributed by atoms with E-state index in [1.807, 2.05) is 13.8 Å². The van der Waals surface area contributed by atoms with Crippen molar-refractivity contribution in [2.45, 2.75) is 38.4 Å². The van der Waals surface area contributed by atoms with Gasteiger partial charge < -0.3 is 19.3 Å². The van der Waals surface area contributed by atoms with Crippen molar-refractivity contribution in [2.24, 2.45) is 0 Å². The average molecular weight is 280 g/mol. The Morgan fingerprint density at radius 2 is 2.25 bits per heavy atom. The number of carbonyl (C=O) groups is 1. The molecular weight excluding hydrogens is 260 g/mol. The molecule has 0 bridgehead atoms. The summed E-state index contributed by atoms with van der Waals surface area (Å²) in [7, 11) is 1.50. The summed E-state index contributed by atoms with van der Waals surface area (Å²) in [6.45, 7) is 4.45. The first-order valence-corrected chi connectivity index (χ1v) is 6.63. The second-order valence-electron chi connectivity index (χ2n) is 5.52. The van der Waals surface area contributed by atoms with E-state index in [4.69, 9.17) is 14.2 Å². The standard InChI is InChI=1S/C15H20O5/c1-15(2)7-6-11(20-15)9-19-13-5-4-10(18-3)8-12(13)14(16)17/h4-5,8,11H,6-7,9H2,1-3H3,(H,16,17). The van der Waals surface area contributed by atoms with E-state index in [2.05, 4.69) is 0 Å². The van der Waals surface area contributed by atoms with Gasteiger partial charge in [-0.2, -0.15) is 0 Å². The minimum Gasteiger partial charge on any atom is -0.497 e. The molecule has 1 aromatic rings. The number of aromatic carboxylic acids is 1. The highest BCUT2D eigenvalue weighted by Gasteiger charge is 2.32. The van der Waals surface area contributed by atoms with Crippen molar-refractivity contribution in [1.29, 1.82) is 0 Å². The Hall–Kier alpha value is -1.75. The molecule has 0 aliphatic carbocycles. The highest BCUT2D eigenvalue weighted by Crippen LogP contribution is 2.30. The van der Waals surface area contributed by atoms with Crippen LogP contribution in [0.15, 0.2) is 18.2 Å². The zero-order chi connectivity index (χ0) is 14.8. The van der Waals surface area contributed by atoms with Gasteiger partial charge in [-0.3, -0.25) is 0 Å². The summed E-state index contributed by atoms with van der Waals surface area (Å²) >= 11 is 0. The van der Waals surface area contributed by atoms with Crippen LogP contribution in [0.3, 0.4) is 0 Å². The third-order valence-corrected chi connectivity index (χ3v) is 3.40. The number of benzene rings is 1. The van der Waals surface area contributed by atoms with Crippen LogP contribution in [-0.4, -0.2) is 36.5 Å². The number of carboxylic acid groups (broad SMARTS) is 1. The van der Waals surface area contributed by atoms with Crippen LogP contribution in [-0.2, 0) is 4.74 Å². The van der Waals surface area contributed by atoms with Crippen LogP contribution in [0.25, 0.3) is 0 Å². The molecule has 5 heteroatoms. The van der Waals surface area contributed by atoms with E-state index in [0.29, 0.717) is 18.1 Å². The van der Waals surface area contributed by atoms with E-state index in [9.17, 15) is 9.90 Å². The fourth-order valence-corrected chi connectivity index (χ4v) is 2.31. The molecule has 20 heavy (non-hydrogen) atoms. The topological polar surface area (TPSA) is 65.0 Å². The second-order valence-corrected chi connectivity index (χ2v) is 5.52. The molecule has 110 valence electrons. The summed E-state index contributed by atoms with van der Waals surface area (Å²) in [5.74, 6) is -0.203. The Labute approximate surface area is 118 Å². The van der Waals surface area contributed by atoms with Gasteiger partial charge in [0.15, 0.2) is 0 Å². The lowest BCUT2D eigenvalue weighted by molar-refractivity contribution is -0.0328. The van der Waals surface area contributed by atoms with Gasteiger partial charge in [-0.25, -0.2) is 4.79 Å². The van der Waals surface area contributed by atoms with Gasteiger partial charge in [0, 0.05) is 0 Å². The summed E-state index contributed by atoms with van der Waals surface area (Å²) in [6, 6.07) is 4.75. The van der Waals surface area contributed by atoms with E-state index >= 15 is 0 Å². The van der Waals surface area contributed by atoms with Crippen molar-refractivity contribution in [3.05, 3.63) is 23.8 Å². The fraction of sp³-hybridized carbons (Fsp3) is 0.533. The summed E-state index contributed by atoms with van der Waals surface area (Å²) in [5.41, 5.74) is -0.0228. The van der Waals surface area contributed by atoms with Gasteiger partial charge >= 0.3 is 5.97 Å². The maximum Gasteiger partial charge on any atom is 0.339 e. The van der Waals surface area contributed by atoms with E-state index in [0.717, 1.165) is 12.8 Å². The molecule has 1 atom stereocenters. The number of hydrogen-bond donors (Lipinski definition) is 1. The maximum absolute atomic E-state index is 11.2. The van der Waals surface area contributed by atoms with Crippen LogP contribution in [0.1, 0.15) is 37.0 Å². The Kier molecular flexibility index (Phi) is 4.18. The Morgan fingerprint density at radius 3 is 2.80 bits per heavy atom. The van der Waals surface area contributed by atoms with Gasteiger partial charge in [-0.05, 0) is 44.9 Å². The van der Waals surface area contributed by atoms with Crippen LogP contribution in [0, 0.1) is 0 Å². The number of hydrogen-bond acceptors (Lipinski definition) is 4. The molecule has 0 saturated carbocycles. The normalized spacial score (nSPS) is 20.6. The van der Waals surface area contributed by atoms with Gasteiger partial charge in [0.05, 0.1) is 18.8 Å². The minimum atomic E-state index is -1.04. The molecule has 1 aliphatic rings. The summed E-state index contributed by atoms with van der Waals surface area (Å²) in [6.07, 6.45) is 1.91. The highest BCUT2D eigenvalue weighted by molar-refractivity contribution is 5.91. The number of carboxylic acids is 1. The molecule has 1 N–H and O–H groups in total. The molecule has 2 rings (SSSR count). The Morgan fingerprint density at radius 1 is 1.50 bits per heavy atom. The minimum absolute atomic E-state index is 0.00810. The Balaban J connectivity index is 2.04. The van der Waals surface area contributed by atoms with Gasteiger partial charge in [0.2, 0.25) is 0 Å². The SMILES string of the molecule is COc1ccc(OCC2CCC(C)(C)O2)c(C(=O)O)c1. The lowest BCUT2D eigenvalue weighted by atomic mass is 10.1. The fourth-order valence-electron chi connectivity index (χ4n) is 2.31. The van der Waals surface area contributed by atoms with Crippen LogP contribution in [0.4, 0.5) is 0 Å². The molecule has 1 saturated heterocycles. The Bertz CT molecular complexity index is 495. The molecule has 1 aromatic carbocycles. The van der Waals surface area contributed by atoms with Crippen LogP contribution >= 0.6 is 0 Å². The molecule has 0 radical (unpaired) electrons. The van der Waals surface area contributed by atoms with Crippen LogP contribution < -0.4 is 9.47 Å².